The van der Waals surface area contributed by atoms with Gasteiger partial charge in [0.15, 0.2) is 0 Å². The van der Waals surface area contributed by atoms with E-state index >= 15 is 0 Å². The second-order valence-corrected chi connectivity index (χ2v) is 5.32. The number of hydrogen-bond acceptors (Lipinski definition) is 6. The van der Waals surface area contributed by atoms with Crippen LogP contribution in [0.1, 0.15) is 29.0 Å². The Balaban J connectivity index is 1.63. The first kappa shape index (κ1) is 15.4. The summed E-state index contributed by atoms with van der Waals surface area (Å²) >= 11 is 0. The fraction of sp³-hybridized carbons (Fsp3) is 0.375. The molecule has 23 heavy (non-hydrogen) atoms. The molecule has 0 radical (unpaired) electrons. The maximum Gasteiger partial charge on any atom is 0.254 e. The molecule has 2 aromatic rings. The number of ether oxygens (including phenoxy) is 1. The van der Waals surface area contributed by atoms with Gasteiger partial charge in [-0.1, -0.05) is 6.07 Å². The highest BCUT2D eigenvalue weighted by Crippen LogP contribution is 2.11. The van der Waals surface area contributed by atoms with E-state index in [0.717, 1.165) is 18.8 Å². The number of aromatic nitrogens is 3. The SMILES string of the molecule is CC(NC(=O)c1cnc(N2CCOCC2)nc1)c1ccccn1. The molecule has 2 aromatic heterocycles. The summed E-state index contributed by atoms with van der Waals surface area (Å²) in [6.07, 6.45) is 4.81. The molecule has 1 amide bonds. The third kappa shape index (κ3) is 3.81. The molecule has 1 unspecified atom stereocenters. The van der Waals surface area contributed by atoms with Crippen LogP contribution in [-0.4, -0.2) is 47.2 Å². The number of morpholine rings is 1. The van der Waals surface area contributed by atoms with Gasteiger partial charge in [-0.15, -0.1) is 0 Å². The summed E-state index contributed by atoms with van der Waals surface area (Å²) in [5, 5.41) is 2.90. The van der Waals surface area contributed by atoms with Crippen molar-refractivity contribution in [3.8, 4) is 0 Å². The molecule has 1 N–H and O–H groups in total. The van der Waals surface area contributed by atoms with E-state index in [2.05, 4.69) is 20.3 Å². The molecule has 0 aromatic carbocycles. The summed E-state index contributed by atoms with van der Waals surface area (Å²) in [6, 6.07) is 5.44. The number of anilines is 1. The Kier molecular flexibility index (Phi) is 4.77. The quantitative estimate of drug-likeness (QED) is 0.913. The maximum atomic E-state index is 12.3. The van der Waals surface area contributed by atoms with E-state index in [-0.39, 0.29) is 11.9 Å². The van der Waals surface area contributed by atoms with Crippen LogP contribution in [0.2, 0.25) is 0 Å². The Morgan fingerprint density at radius 3 is 2.61 bits per heavy atom. The molecular weight excluding hydrogens is 294 g/mol. The zero-order valence-electron chi connectivity index (χ0n) is 13.0. The molecule has 1 aliphatic rings. The largest absolute Gasteiger partial charge is 0.378 e. The minimum absolute atomic E-state index is 0.178. The predicted octanol–water partition coefficient (Wildman–Crippen LogP) is 1.20. The normalized spacial score (nSPS) is 16.0. The van der Waals surface area contributed by atoms with Crippen molar-refractivity contribution in [2.45, 2.75) is 13.0 Å². The number of carbonyl (C=O) groups is 1. The van der Waals surface area contributed by atoms with Crippen molar-refractivity contribution in [1.82, 2.24) is 20.3 Å². The van der Waals surface area contributed by atoms with Gasteiger partial charge < -0.3 is 15.0 Å². The molecule has 0 spiro atoms. The molecule has 3 rings (SSSR count). The second-order valence-electron chi connectivity index (χ2n) is 5.32. The summed E-state index contributed by atoms with van der Waals surface area (Å²) in [6.45, 7) is 4.77. The first-order valence-electron chi connectivity index (χ1n) is 7.60. The second kappa shape index (κ2) is 7.15. The van der Waals surface area contributed by atoms with E-state index in [1.54, 1.807) is 18.6 Å². The molecule has 120 valence electrons. The third-order valence-electron chi connectivity index (χ3n) is 3.67. The van der Waals surface area contributed by atoms with E-state index in [9.17, 15) is 4.79 Å². The number of amides is 1. The zero-order chi connectivity index (χ0) is 16.1. The highest BCUT2D eigenvalue weighted by molar-refractivity contribution is 5.93. The van der Waals surface area contributed by atoms with Crippen LogP contribution in [0.4, 0.5) is 5.95 Å². The summed E-state index contributed by atoms with van der Waals surface area (Å²) < 4.78 is 5.30. The van der Waals surface area contributed by atoms with Crippen LogP contribution in [0.15, 0.2) is 36.8 Å². The standard InChI is InChI=1S/C16H19N5O2/c1-12(14-4-2-3-5-17-14)20-15(22)13-10-18-16(19-11-13)21-6-8-23-9-7-21/h2-5,10-12H,6-9H2,1H3,(H,20,22). The number of nitrogens with zero attached hydrogens (tertiary/aromatic N) is 4. The molecule has 7 heteroatoms. The van der Waals surface area contributed by atoms with Crippen molar-refractivity contribution >= 4 is 11.9 Å². The molecule has 0 bridgehead atoms. The fourth-order valence-corrected chi connectivity index (χ4v) is 2.35. The van der Waals surface area contributed by atoms with E-state index in [0.29, 0.717) is 24.7 Å². The van der Waals surface area contributed by atoms with Crippen LogP contribution < -0.4 is 10.2 Å². The number of nitrogens with one attached hydrogen (secondary N) is 1. The van der Waals surface area contributed by atoms with Gasteiger partial charge in [0.25, 0.3) is 5.91 Å². The molecule has 1 fully saturated rings. The van der Waals surface area contributed by atoms with Crippen LogP contribution in [0, 0.1) is 0 Å². The van der Waals surface area contributed by atoms with E-state index in [1.165, 1.54) is 0 Å². The summed E-state index contributed by atoms with van der Waals surface area (Å²) in [7, 11) is 0. The predicted molar refractivity (Wildman–Crippen MR) is 85.2 cm³/mol. The minimum Gasteiger partial charge on any atom is -0.378 e. The van der Waals surface area contributed by atoms with Crippen molar-refractivity contribution < 1.29 is 9.53 Å². The topological polar surface area (TPSA) is 80.2 Å². The molecular formula is C16H19N5O2. The smallest absolute Gasteiger partial charge is 0.254 e. The van der Waals surface area contributed by atoms with Crippen molar-refractivity contribution in [3.63, 3.8) is 0 Å². The molecule has 1 aliphatic heterocycles. The van der Waals surface area contributed by atoms with Crippen LogP contribution in [0.25, 0.3) is 0 Å². The van der Waals surface area contributed by atoms with Gasteiger partial charge in [0, 0.05) is 31.7 Å². The lowest BCUT2D eigenvalue weighted by Crippen LogP contribution is -2.37. The van der Waals surface area contributed by atoms with Gasteiger partial charge in [0.2, 0.25) is 5.95 Å². The van der Waals surface area contributed by atoms with E-state index in [4.69, 9.17) is 4.74 Å². The lowest BCUT2D eigenvalue weighted by atomic mass is 10.2. The van der Waals surface area contributed by atoms with Crippen molar-refractivity contribution in [3.05, 3.63) is 48.0 Å². The first-order chi connectivity index (χ1) is 11.2. The summed E-state index contributed by atoms with van der Waals surface area (Å²) in [4.78, 5) is 27.1. The third-order valence-corrected chi connectivity index (χ3v) is 3.67. The lowest BCUT2D eigenvalue weighted by molar-refractivity contribution is 0.0938. The van der Waals surface area contributed by atoms with Gasteiger partial charge in [0.1, 0.15) is 0 Å². The van der Waals surface area contributed by atoms with Gasteiger partial charge >= 0.3 is 0 Å². The van der Waals surface area contributed by atoms with Gasteiger partial charge in [-0.2, -0.15) is 0 Å². The molecule has 0 saturated carbocycles. The van der Waals surface area contributed by atoms with Crippen LogP contribution in [0.3, 0.4) is 0 Å². The zero-order valence-corrected chi connectivity index (χ0v) is 13.0. The van der Waals surface area contributed by atoms with Gasteiger partial charge in [-0.25, -0.2) is 9.97 Å². The van der Waals surface area contributed by atoms with Gasteiger partial charge in [-0.05, 0) is 19.1 Å². The lowest BCUT2D eigenvalue weighted by Gasteiger charge is -2.26. The Labute approximate surface area is 134 Å². The Hall–Kier alpha value is -2.54. The minimum atomic E-state index is -0.211. The number of carbonyl (C=O) groups excluding carboxylic acids is 1. The van der Waals surface area contributed by atoms with E-state index in [1.807, 2.05) is 30.0 Å². The molecule has 0 aliphatic carbocycles. The van der Waals surface area contributed by atoms with Crippen molar-refractivity contribution in [2.75, 3.05) is 31.2 Å². The summed E-state index contributed by atoms with van der Waals surface area (Å²) in [5.74, 6) is 0.416. The molecule has 1 atom stereocenters. The van der Waals surface area contributed by atoms with Crippen LogP contribution in [-0.2, 0) is 4.74 Å². The molecule has 1 saturated heterocycles. The average Bonchev–Trinajstić information content (AvgIpc) is 2.63. The Bertz CT molecular complexity index is 641. The number of pyridine rings is 1. The van der Waals surface area contributed by atoms with Gasteiger partial charge in [0.05, 0.1) is 30.5 Å². The monoisotopic (exact) mass is 313 g/mol. The van der Waals surface area contributed by atoms with Crippen molar-refractivity contribution in [2.24, 2.45) is 0 Å². The number of rotatable bonds is 4. The summed E-state index contributed by atoms with van der Waals surface area (Å²) in [5.41, 5.74) is 1.25. The van der Waals surface area contributed by atoms with Crippen molar-refractivity contribution in [1.29, 1.82) is 0 Å². The molecule has 3 heterocycles. The van der Waals surface area contributed by atoms with Gasteiger partial charge in [-0.3, -0.25) is 9.78 Å². The maximum absolute atomic E-state index is 12.3. The fourth-order valence-electron chi connectivity index (χ4n) is 2.35. The Morgan fingerprint density at radius 2 is 1.96 bits per heavy atom. The molecule has 7 nitrogen and oxygen atoms in total. The average molecular weight is 313 g/mol. The van der Waals surface area contributed by atoms with Crippen LogP contribution >= 0.6 is 0 Å². The van der Waals surface area contributed by atoms with E-state index < -0.39 is 0 Å². The highest BCUT2D eigenvalue weighted by Gasteiger charge is 2.16. The number of hydrogen-bond donors (Lipinski definition) is 1. The van der Waals surface area contributed by atoms with Crippen LogP contribution in [0.5, 0.6) is 0 Å². The highest BCUT2D eigenvalue weighted by atomic mass is 16.5. The Morgan fingerprint density at radius 1 is 1.22 bits per heavy atom. The first-order valence-corrected chi connectivity index (χ1v) is 7.60.